The number of carbonyl (C=O) groups excluding carboxylic acids is 1. The van der Waals surface area contributed by atoms with E-state index in [0.717, 1.165) is 23.3 Å². The standard InChI is InChI=1S/C16H19ClN2O2S/c1-6-10-9(3)15(21-16(22)19(4)5)12-11(18-10)7-8(2)13(17)14(12)20/h7,13H,6H2,1-5H3. The predicted octanol–water partition coefficient (Wildman–Crippen LogP) is 3.38. The molecule has 1 aromatic rings. The van der Waals surface area contributed by atoms with Gasteiger partial charge in [-0.25, -0.2) is 0 Å². The molecule has 1 unspecified atom stereocenters. The first-order valence-electron chi connectivity index (χ1n) is 7.07. The number of ether oxygens (including phenoxy) is 1. The van der Waals surface area contributed by atoms with Gasteiger partial charge in [0.25, 0.3) is 5.17 Å². The fraction of sp³-hybridized carbons (Fsp3) is 0.438. The number of carbonyl (C=O) groups is 1. The van der Waals surface area contributed by atoms with Gasteiger partial charge in [-0.2, -0.15) is 0 Å². The van der Waals surface area contributed by atoms with Crippen molar-refractivity contribution >= 4 is 40.9 Å². The third kappa shape index (κ3) is 2.88. The highest BCUT2D eigenvalue weighted by Gasteiger charge is 2.32. The zero-order valence-electron chi connectivity index (χ0n) is 13.4. The fourth-order valence-electron chi connectivity index (χ4n) is 2.34. The van der Waals surface area contributed by atoms with Gasteiger partial charge in [-0.3, -0.25) is 9.78 Å². The van der Waals surface area contributed by atoms with Crippen molar-refractivity contribution in [3.8, 4) is 5.75 Å². The van der Waals surface area contributed by atoms with E-state index < -0.39 is 5.38 Å². The number of allylic oxidation sites excluding steroid dienone is 1. The Morgan fingerprint density at radius 2 is 2.09 bits per heavy atom. The molecule has 1 atom stereocenters. The van der Waals surface area contributed by atoms with Gasteiger partial charge in [-0.1, -0.05) is 6.92 Å². The molecular weight excluding hydrogens is 320 g/mol. The van der Waals surface area contributed by atoms with Crippen LogP contribution in [0.15, 0.2) is 5.57 Å². The van der Waals surface area contributed by atoms with E-state index in [1.165, 1.54) is 0 Å². The molecular formula is C16H19ClN2O2S. The number of rotatable bonds is 2. The molecule has 1 aromatic heterocycles. The number of aryl methyl sites for hydroxylation is 1. The van der Waals surface area contributed by atoms with Crippen LogP contribution in [0.5, 0.6) is 5.75 Å². The summed E-state index contributed by atoms with van der Waals surface area (Å²) in [4.78, 5) is 18.9. The number of alkyl halides is 1. The highest BCUT2D eigenvalue weighted by Crippen LogP contribution is 2.36. The van der Waals surface area contributed by atoms with Gasteiger partial charge >= 0.3 is 0 Å². The lowest BCUT2D eigenvalue weighted by Crippen LogP contribution is -2.29. The van der Waals surface area contributed by atoms with E-state index in [2.05, 4.69) is 4.98 Å². The van der Waals surface area contributed by atoms with E-state index in [-0.39, 0.29) is 5.78 Å². The Hall–Kier alpha value is -1.46. The van der Waals surface area contributed by atoms with E-state index in [4.69, 9.17) is 28.6 Å². The van der Waals surface area contributed by atoms with Crippen LogP contribution in [-0.4, -0.2) is 40.3 Å². The Kier molecular flexibility index (Phi) is 4.87. The summed E-state index contributed by atoms with van der Waals surface area (Å²) >= 11 is 11.4. The first kappa shape index (κ1) is 16.9. The van der Waals surface area contributed by atoms with E-state index >= 15 is 0 Å². The largest absolute Gasteiger partial charge is 0.431 e. The van der Waals surface area contributed by atoms with E-state index in [1.54, 1.807) is 19.0 Å². The van der Waals surface area contributed by atoms with Gasteiger partial charge in [-0.05, 0) is 44.1 Å². The quantitative estimate of drug-likeness (QED) is 0.611. The van der Waals surface area contributed by atoms with Crippen LogP contribution in [-0.2, 0) is 6.42 Å². The molecule has 2 rings (SSSR count). The fourth-order valence-corrected chi connectivity index (χ4v) is 2.59. The number of Topliss-reactive ketones (excluding diaryl/α,β-unsaturated/α-hetero) is 1. The topological polar surface area (TPSA) is 42.4 Å². The molecule has 0 saturated heterocycles. The highest BCUT2D eigenvalue weighted by atomic mass is 35.5. The molecule has 0 aromatic carbocycles. The van der Waals surface area contributed by atoms with Crippen molar-refractivity contribution < 1.29 is 9.53 Å². The lowest BCUT2D eigenvalue weighted by atomic mass is 9.92. The minimum Gasteiger partial charge on any atom is -0.431 e. The lowest BCUT2D eigenvalue weighted by Gasteiger charge is -2.24. The van der Waals surface area contributed by atoms with Gasteiger partial charge in [0.2, 0.25) is 0 Å². The molecule has 0 fully saturated rings. The summed E-state index contributed by atoms with van der Waals surface area (Å²) in [6.07, 6.45) is 2.59. The molecule has 1 heterocycles. The second-order valence-corrected chi connectivity index (χ2v) is 6.29. The Balaban J connectivity index is 2.69. The average molecular weight is 339 g/mol. The van der Waals surface area contributed by atoms with Gasteiger partial charge in [0.05, 0.1) is 11.3 Å². The average Bonchev–Trinajstić information content (AvgIpc) is 2.47. The third-order valence-corrected chi connectivity index (χ3v) is 4.63. The maximum atomic E-state index is 12.6. The molecule has 0 N–H and O–H groups in total. The second-order valence-electron chi connectivity index (χ2n) is 5.50. The van der Waals surface area contributed by atoms with E-state index in [0.29, 0.717) is 22.2 Å². The number of fused-ring (bicyclic) bond motifs is 1. The molecule has 0 radical (unpaired) electrons. The maximum Gasteiger partial charge on any atom is 0.264 e. The van der Waals surface area contributed by atoms with Crippen LogP contribution in [0.3, 0.4) is 0 Å². The second kappa shape index (κ2) is 6.34. The molecule has 0 saturated carbocycles. The molecule has 0 bridgehead atoms. The van der Waals surface area contributed by atoms with Crippen molar-refractivity contribution in [2.24, 2.45) is 0 Å². The minimum absolute atomic E-state index is 0.188. The number of hydrogen-bond acceptors (Lipinski definition) is 4. The Bertz CT molecular complexity index is 683. The summed E-state index contributed by atoms with van der Waals surface area (Å²) in [7, 11) is 3.59. The smallest absolute Gasteiger partial charge is 0.264 e. The highest BCUT2D eigenvalue weighted by molar-refractivity contribution is 7.80. The molecule has 1 aliphatic carbocycles. The van der Waals surface area contributed by atoms with Crippen molar-refractivity contribution in [2.75, 3.05) is 14.1 Å². The maximum absolute atomic E-state index is 12.6. The van der Waals surface area contributed by atoms with Crippen LogP contribution in [0.1, 0.15) is 41.2 Å². The Labute approximate surface area is 141 Å². The zero-order chi connectivity index (χ0) is 16.6. The number of halogens is 1. The minimum atomic E-state index is -0.684. The number of pyridine rings is 1. The van der Waals surface area contributed by atoms with Gasteiger partial charge < -0.3 is 9.64 Å². The van der Waals surface area contributed by atoms with Gasteiger partial charge in [0.15, 0.2) is 5.78 Å². The normalized spacial score (nSPS) is 16.9. The number of nitrogens with zero attached hydrogens (tertiary/aromatic N) is 2. The summed E-state index contributed by atoms with van der Waals surface area (Å²) in [5, 5.41) is -0.389. The molecule has 6 heteroatoms. The van der Waals surface area contributed by atoms with Crippen LogP contribution >= 0.6 is 23.8 Å². The molecule has 0 spiro atoms. The molecule has 1 aliphatic rings. The predicted molar refractivity (Wildman–Crippen MR) is 92.9 cm³/mol. The SMILES string of the molecule is CCc1nc2c(c(OC(=S)N(C)C)c1C)C(=O)C(Cl)C(C)=C2. The first-order valence-corrected chi connectivity index (χ1v) is 7.91. The first-order chi connectivity index (χ1) is 10.3. The Morgan fingerprint density at radius 1 is 1.45 bits per heavy atom. The van der Waals surface area contributed by atoms with Crippen molar-refractivity contribution in [2.45, 2.75) is 32.6 Å². The van der Waals surface area contributed by atoms with Crippen LogP contribution in [0.4, 0.5) is 0 Å². The molecule has 0 aliphatic heterocycles. The molecule has 22 heavy (non-hydrogen) atoms. The number of aromatic nitrogens is 1. The monoisotopic (exact) mass is 338 g/mol. The lowest BCUT2D eigenvalue weighted by molar-refractivity contribution is 0.0992. The summed E-state index contributed by atoms with van der Waals surface area (Å²) in [6, 6.07) is 0. The van der Waals surface area contributed by atoms with Crippen molar-refractivity contribution in [3.05, 3.63) is 28.1 Å². The molecule has 0 amide bonds. The number of hydrogen-bond donors (Lipinski definition) is 0. The van der Waals surface area contributed by atoms with Gasteiger partial charge in [0, 0.05) is 25.4 Å². The van der Waals surface area contributed by atoms with Crippen molar-refractivity contribution in [3.63, 3.8) is 0 Å². The summed E-state index contributed by atoms with van der Waals surface area (Å²) in [5.41, 5.74) is 3.54. The third-order valence-electron chi connectivity index (χ3n) is 3.64. The summed E-state index contributed by atoms with van der Waals surface area (Å²) in [5.74, 6) is 0.284. The van der Waals surface area contributed by atoms with E-state index in [1.807, 2.05) is 26.8 Å². The van der Waals surface area contributed by atoms with Gasteiger partial charge in [0.1, 0.15) is 11.1 Å². The number of thiocarbonyl (C=S) groups is 1. The van der Waals surface area contributed by atoms with Crippen LogP contribution < -0.4 is 4.74 Å². The van der Waals surface area contributed by atoms with Crippen molar-refractivity contribution in [1.29, 1.82) is 0 Å². The molecule has 118 valence electrons. The summed E-state index contributed by atoms with van der Waals surface area (Å²) < 4.78 is 5.81. The molecule has 4 nitrogen and oxygen atoms in total. The summed E-state index contributed by atoms with van der Waals surface area (Å²) in [6.45, 7) is 5.74. The van der Waals surface area contributed by atoms with Crippen LogP contribution in [0.25, 0.3) is 6.08 Å². The number of ketones is 1. The van der Waals surface area contributed by atoms with E-state index in [9.17, 15) is 4.79 Å². The van der Waals surface area contributed by atoms with Gasteiger partial charge in [-0.15, -0.1) is 11.6 Å². The zero-order valence-corrected chi connectivity index (χ0v) is 14.9. The van der Waals surface area contributed by atoms with Crippen molar-refractivity contribution in [1.82, 2.24) is 9.88 Å². The van der Waals surface area contributed by atoms with Crippen LogP contribution in [0.2, 0.25) is 0 Å². The van der Waals surface area contributed by atoms with Crippen LogP contribution in [0, 0.1) is 6.92 Å². The Morgan fingerprint density at radius 3 is 2.64 bits per heavy atom.